The Morgan fingerprint density at radius 1 is 0.667 bits per heavy atom. The van der Waals surface area contributed by atoms with Gasteiger partial charge in [-0.1, -0.05) is 121 Å². The summed E-state index contributed by atoms with van der Waals surface area (Å²) >= 11 is 0. The summed E-state index contributed by atoms with van der Waals surface area (Å²) in [4.78, 5) is 0. The molecule has 4 nitrogen and oxygen atoms in total. The van der Waals surface area contributed by atoms with Crippen LogP contribution >= 0.6 is 7.82 Å². The second-order valence-corrected chi connectivity index (χ2v) is 10.9. The van der Waals surface area contributed by atoms with Crippen molar-refractivity contribution >= 4 is 7.82 Å². The first-order valence-electron chi connectivity index (χ1n) is 13.1. The number of hydrogen-bond donors (Lipinski definition) is 0. The SMILES string of the molecule is CCCCCCCCCCCCCCCCc1c(-c2ccccc2)cc2c3c1OP(=O)(O2)O3. The Balaban J connectivity index is 1.18. The predicted octanol–water partition coefficient (Wildman–Crippen LogP) is 9.65. The minimum Gasteiger partial charge on any atom is -0.382 e. The molecule has 0 aliphatic carbocycles. The summed E-state index contributed by atoms with van der Waals surface area (Å²) in [6.07, 6.45) is 19.7. The Morgan fingerprint density at radius 3 is 1.79 bits per heavy atom. The van der Waals surface area contributed by atoms with Gasteiger partial charge in [0.25, 0.3) is 0 Å². The average Bonchev–Trinajstić information content (AvgIpc) is 3.35. The van der Waals surface area contributed by atoms with Crippen LogP contribution in [0.15, 0.2) is 36.4 Å². The summed E-state index contributed by atoms with van der Waals surface area (Å²) in [6, 6.07) is 12.2. The van der Waals surface area contributed by atoms with Crippen molar-refractivity contribution in [1.82, 2.24) is 0 Å². The van der Waals surface area contributed by atoms with Crippen LogP contribution in [-0.4, -0.2) is 0 Å². The van der Waals surface area contributed by atoms with Gasteiger partial charge >= 0.3 is 7.82 Å². The summed E-state index contributed by atoms with van der Waals surface area (Å²) < 4.78 is 29.0. The first-order valence-corrected chi connectivity index (χ1v) is 14.6. The summed E-state index contributed by atoms with van der Waals surface area (Å²) in [5.41, 5.74) is 3.31. The molecule has 2 heterocycles. The summed E-state index contributed by atoms with van der Waals surface area (Å²) in [5.74, 6) is 1.71. The minimum atomic E-state index is -3.46. The number of rotatable bonds is 16. The van der Waals surface area contributed by atoms with Crippen molar-refractivity contribution in [3.63, 3.8) is 0 Å². The van der Waals surface area contributed by atoms with Crippen LogP contribution in [0, 0.1) is 0 Å². The van der Waals surface area contributed by atoms with E-state index in [0.717, 1.165) is 29.5 Å². The first-order chi connectivity index (χ1) is 16.2. The molecule has 0 spiro atoms. The fraction of sp³-hybridized carbons (Fsp3) is 0.571. The summed E-state index contributed by atoms with van der Waals surface area (Å²) in [7, 11) is -3.46. The van der Waals surface area contributed by atoms with Gasteiger partial charge in [0.15, 0.2) is 11.5 Å². The quantitative estimate of drug-likeness (QED) is 0.181. The maximum Gasteiger partial charge on any atom is 0.647 e. The van der Waals surface area contributed by atoms with Crippen molar-refractivity contribution in [3.05, 3.63) is 42.0 Å². The molecule has 0 amide bonds. The van der Waals surface area contributed by atoms with Gasteiger partial charge in [-0.2, -0.15) is 4.57 Å². The van der Waals surface area contributed by atoms with Crippen LogP contribution in [-0.2, 0) is 11.0 Å². The minimum absolute atomic E-state index is 0.526. The molecule has 0 N–H and O–H groups in total. The number of phosphoric ester groups is 1. The van der Waals surface area contributed by atoms with Crippen molar-refractivity contribution in [3.8, 4) is 28.4 Å². The molecule has 5 heteroatoms. The van der Waals surface area contributed by atoms with Gasteiger partial charge in [0.2, 0.25) is 5.75 Å². The van der Waals surface area contributed by atoms with Gasteiger partial charge in [0, 0.05) is 5.56 Å². The van der Waals surface area contributed by atoms with Crippen LogP contribution in [0.5, 0.6) is 17.2 Å². The Kier molecular flexibility index (Phi) is 8.78. The van der Waals surface area contributed by atoms with E-state index >= 15 is 0 Å². The van der Waals surface area contributed by atoms with Crippen LogP contribution in [0.2, 0.25) is 0 Å². The second-order valence-electron chi connectivity index (χ2n) is 9.49. The largest absolute Gasteiger partial charge is 0.647 e. The molecule has 1 atom stereocenters. The average molecular weight is 471 g/mol. The van der Waals surface area contributed by atoms with Crippen molar-refractivity contribution in [1.29, 1.82) is 0 Å². The van der Waals surface area contributed by atoms with Gasteiger partial charge in [-0.05, 0) is 30.0 Å². The Bertz CT molecular complexity index is 941. The van der Waals surface area contributed by atoms with Crippen LogP contribution in [0.4, 0.5) is 0 Å². The molecule has 2 bridgehead atoms. The zero-order valence-corrected chi connectivity index (χ0v) is 21.0. The highest BCUT2D eigenvalue weighted by Crippen LogP contribution is 2.70. The molecule has 2 aliphatic heterocycles. The van der Waals surface area contributed by atoms with E-state index in [2.05, 4.69) is 19.1 Å². The predicted molar refractivity (Wildman–Crippen MR) is 135 cm³/mol. The fourth-order valence-electron chi connectivity index (χ4n) is 4.93. The standard InChI is InChI=1S/C28H39O4P/c1-2-3-4-5-6-7-8-9-10-11-12-13-14-18-21-24-25(23-19-16-15-17-20-23)22-26-28-27(24)31-33(29,30-26)32-28/h15-17,19-20,22H,2-14,18,21H2,1H3. The van der Waals surface area contributed by atoms with E-state index in [-0.39, 0.29) is 0 Å². The third-order valence-electron chi connectivity index (χ3n) is 6.79. The van der Waals surface area contributed by atoms with Crippen molar-refractivity contribution in [2.24, 2.45) is 0 Å². The molecule has 33 heavy (non-hydrogen) atoms. The number of hydrogen-bond acceptors (Lipinski definition) is 4. The molecular weight excluding hydrogens is 431 g/mol. The molecule has 0 saturated heterocycles. The molecule has 2 aromatic rings. The number of unbranched alkanes of at least 4 members (excludes halogenated alkanes) is 13. The molecule has 2 aromatic carbocycles. The topological polar surface area (TPSA) is 44.8 Å². The van der Waals surface area contributed by atoms with Gasteiger partial charge in [0.1, 0.15) is 0 Å². The smallest absolute Gasteiger partial charge is 0.382 e. The zero-order valence-electron chi connectivity index (χ0n) is 20.2. The molecule has 4 rings (SSSR count). The van der Waals surface area contributed by atoms with Gasteiger partial charge in [-0.3, -0.25) is 0 Å². The maximum atomic E-state index is 12.5. The maximum absolute atomic E-state index is 12.5. The molecule has 180 valence electrons. The molecule has 0 saturated carbocycles. The Hall–Kier alpha value is -1.93. The lowest BCUT2D eigenvalue weighted by Gasteiger charge is -2.17. The van der Waals surface area contributed by atoms with Crippen LogP contribution in [0.1, 0.15) is 102 Å². The van der Waals surface area contributed by atoms with Gasteiger partial charge in [-0.25, -0.2) is 0 Å². The molecule has 2 aliphatic rings. The lowest BCUT2D eigenvalue weighted by Crippen LogP contribution is -2.02. The van der Waals surface area contributed by atoms with E-state index in [1.807, 2.05) is 24.3 Å². The lowest BCUT2D eigenvalue weighted by molar-refractivity contribution is 0.353. The second kappa shape index (κ2) is 12.0. The Labute approximate surface area is 199 Å². The van der Waals surface area contributed by atoms with E-state index < -0.39 is 7.82 Å². The van der Waals surface area contributed by atoms with Crippen molar-refractivity contribution in [2.45, 2.75) is 103 Å². The van der Waals surface area contributed by atoms with Gasteiger partial charge in [-0.15, -0.1) is 0 Å². The number of phosphoric acid groups is 1. The van der Waals surface area contributed by atoms with E-state index in [1.54, 1.807) is 0 Å². The van der Waals surface area contributed by atoms with Crippen LogP contribution in [0.25, 0.3) is 11.1 Å². The zero-order chi connectivity index (χ0) is 22.9. The molecule has 0 fully saturated rings. The number of fused-ring (bicyclic) bond motifs is 1. The van der Waals surface area contributed by atoms with Gasteiger partial charge in [0.05, 0.1) is 0 Å². The summed E-state index contributed by atoms with van der Waals surface area (Å²) in [6.45, 7) is 2.28. The number of benzene rings is 2. The van der Waals surface area contributed by atoms with E-state index in [4.69, 9.17) is 13.6 Å². The highest BCUT2D eigenvalue weighted by molar-refractivity contribution is 7.50. The Morgan fingerprint density at radius 2 is 1.21 bits per heavy atom. The van der Waals surface area contributed by atoms with E-state index in [9.17, 15) is 4.57 Å². The lowest BCUT2D eigenvalue weighted by atomic mass is 9.93. The van der Waals surface area contributed by atoms with E-state index in [1.165, 1.54) is 83.5 Å². The van der Waals surface area contributed by atoms with E-state index in [0.29, 0.717) is 17.2 Å². The highest BCUT2D eigenvalue weighted by atomic mass is 31.2. The highest BCUT2D eigenvalue weighted by Gasteiger charge is 2.51. The van der Waals surface area contributed by atoms with Gasteiger partial charge < -0.3 is 13.6 Å². The molecule has 1 unspecified atom stereocenters. The monoisotopic (exact) mass is 470 g/mol. The normalized spacial score (nSPS) is 17.6. The molecular formula is C28H39O4P. The summed E-state index contributed by atoms with van der Waals surface area (Å²) in [5, 5.41) is 0. The van der Waals surface area contributed by atoms with Crippen LogP contribution in [0.3, 0.4) is 0 Å². The molecule has 0 aromatic heterocycles. The third-order valence-corrected chi connectivity index (χ3v) is 8.02. The van der Waals surface area contributed by atoms with Crippen molar-refractivity contribution in [2.75, 3.05) is 0 Å². The first kappa shape index (κ1) is 24.2. The third kappa shape index (κ3) is 6.35. The van der Waals surface area contributed by atoms with Crippen molar-refractivity contribution < 1.29 is 18.1 Å². The van der Waals surface area contributed by atoms with Crippen LogP contribution < -0.4 is 13.6 Å². The fourth-order valence-corrected chi connectivity index (χ4v) is 6.23. The molecule has 0 radical (unpaired) electrons.